The van der Waals surface area contributed by atoms with Gasteiger partial charge in [-0.2, -0.15) is 14.9 Å². The van der Waals surface area contributed by atoms with Crippen molar-refractivity contribution in [1.29, 1.82) is 0 Å². The van der Waals surface area contributed by atoms with E-state index < -0.39 is 0 Å². The SMILES string of the molecule is Cc1cc(/C=N\n2c(-c3ccccc3Cl)n[nH]c2=S)c(C)n1C[C@H]1CCCO1. The summed E-state index contributed by atoms with van der Waals surface area (Å²) in [5, 5.41) is 12.3. The van der Waals surface area contributed by atoms with Crippen LogP contribution >= 0.6 is 23.8 Å². The second-order valence-electron chi connectivity index (χ2n) is 6.96. The van der Waals surface area contributed by atoms with Gasteiger partial charge in [-0.05, 0) is 57.1 Å². The van der Waals surface area contributed by atoms with Crippen molar-refractivity contribution >= 4 is 30.0 Å². The Labute approximate surface area is 173 Å². The highest BCUT2D eigenvalue weighted by Crippen LogP contribution is 2.26. The Morgan fingerprint density at radius 1 is 1.39 bits per heavy atom. The first kappa shape index (κ1) is 19.1. The molecule has 1 aliphatic heterocycles. The second-order valence-corrected chi connectivity index (χ2v) is 7.75. The minimum absolute atomic E-state index is 0.295. The number of ether oxygens (including phenoxy) is 1. The number of hydrogen-bond acceptors (Lipinski definition) is 4. The first-order valence-corrected chi connectivity index (χ1v) is 10.1. The van der Waals surface area contributed by atoms with Gasteiger partial charge in [0.05, 0.1) is 17.3 Å². The summed E-state index contributed by atoms with van der Waals surface area (Å²) < 4.78 is 10.1. The lowest BCUT2D eigenvalue weighted by Gasteiger charge is -2.14. The molecule has 4 rings (SSSR count). The summed E-state index contributed by atoms with van der Waals surface area (Å²) in [5.74, 6) is 0.583. The summed E-state index contributed by atoms with van der Waals surface area (Å²) in [6.45, 7) is 5.95. The summed E-state index contributed by atoms with van der Waals surface area (Å²) in [7, 11) is 0. The fraction of sp³-hybridized carbons (Fsp3) is 0.350. The van der Waals surface area contributed by atoms with Gasteiger partial charge in [0, 0.05) is 35.7 Å². The largest absolute Gasteiger partial charge is 0.376 e. The standard InChI is InChI=1S/C20H22ClN5OS/c1-13-10-15(14(2)25(13)12-16-6-5-9-27-16)11-22-26-19(23-24-20(26)28)17-7-3-4-8-18(17)21/h3-4,7-8,10-11,16H,5-6,9,12H2,1-2H3,(H,24,28)/b22-11-/t16-/m1/s1. The van der Waals surface area contributed by atoms with Gasteiger partial charge in [-0.3, -0.25) is 0 Å². The molecule has 3 aromatic rings. The maximum absolute atomic E-state index is 6.32. The van der Waals surface area contributed by atoms with E-state index in [0.29, 0.717) is 21.7 Å². The number of benzene rings is 1. The highest BCUT2D eigenvalue weighted by Gasteiger charge is 2.18. The minimum Gasteiger partial charge on any atom is -0.376 e. The van der Waals surface area contributed by atoms with E-state index in [1.165, 1.54) is 5.69 Å². The Morgan fingerprint density at radius 3 is 2.96 bits per heavy atom. The van der Waals surface area contributed by atoms with Crippen LogP contribution in [0.2, 0.25) is 5.02 Å². The third kappa shape index (κ3) is 3.70. The number of nitrogens with zero attached hydrogens (tertiary/aromatic N) is 4. The molecule has 3 heterocycles. The summed E-state index contributed by atoms with van der Waals surface area (Å²) in [4.78, 5) is 0. The van der Waals surface area contributed by atoms with Gasteiger partial charge in [0.15, 0.2) is 5.82 Å². The molecule has 0 aliphatic carbocycles. The zero-order valence-corrected chi connectivity index (χ0v) is 17.4. The molecule has 1 aliphatic rings. The average Bonchev–Trinajstić information content (AvgIpc) is 3.38. The normalized spacial score (nSPS) is 17.0. The van der Waals surface area contributed by atoms with E-state index in [1.54, 1.807) is 4.68 Å². The molecule has 1 N–H and O–H groups in total. The molecule has 0 bridgehead atoms. The number of hydrogen-bond donors (Lipinski definition) is 1. The molecule has 0 saturated carbocycles. The highest BCUT2D eigenvalue weighted by atomic mass is 35.5. The van der Waals surface area contributed by atoms with Crippen LogP contribution < -0.4 is 0 Å². The fourth-order valence-corrected chi connectivity index (χ4v) is 3.97. The van der Waals surface area contributed by atoms with E-state index in [0.717, 1.165) is 42.8 Å². The molecule has 1 fully saturated rings. The lowest BCUT2D eigenvalue weighted by molar-refractivity contribution is 0.0962. The zero-order valence-electron chi connectivity index (χ0n) is 15.9. The van der Waals surface area contributed by atoms with Crippen molar-refractivity contribution in [3.63, 3.8) is 0 Å². The number of rotatable bonds is 5. The average molecular weight is 416 g/mol. The Bertz CT molecular complexity index is 1070. The number of aromatic amines is 1. The molecule has 0 spiro atoms. The first-order chi connectivity index (χ1) is 13.5. The predicted molar refractivity (Wildman–Crippen MR) is 114 cm³/mol. The maximum atomic E-state index is 6.32. The van der Waals surface area contributed by atoms with Gasteiger partial charge >= 0.3 is 0 Å². The number of H-pyrrole nitrogens is 1. The molecule has 0 unspecified atom stereocenters. The van der Waals surface area contributed by atoms with Crippen molar-refractivity contribution < 1.29 is 4.74 Å². The van der Waals surface area contributed by atoms with Gasteiger partial charge in [0.25, 0.3) is 0 Å². The fourth-order valence-electron chi connectivity index (χ4n) is 3.57. The number of nitrogens with one attached hydrogen (secondary N) is 1. The monoisotopic (exact) mass is 415 g/mol. The van der Waals surface area contributed by atoms with Crippen molar-refractivity contribution in [2.24, 2.45) is 5.10 Å². The molecule has 28 heavy (non-hydrogen) atoms. The first-order valence-electron chi connectivity index (χ1n) is 9.29. The summed E-state index contributed by atoms with van der Waals surface area (Å²) in [6, 6.07) is 9.64. The van der Waals surface area contributed by atoms with E-state index in [1.807, 2.05) is 30.5 Å². The molecule has 1 saturated heterocycles. The molecular weight excluding hydrogens is 394 g/mol. The highest BCUT2D eigenvalue weighted by molar-refractivity contribution is 7.71. The Hall–Kier alpha value is -2.22. The van der Waals surface area contributed by atoms with Crippen LogP contribution in [-0.4, -0.2) is 38.4 Å². The van der Waals surface area contributed by atoms with Crippen LogP contribution in [0.1, 0.15) is 29.8 Å². The zero-order chi connectivity index (χ0) is 19.7. The van der Waals surface area contributed by atoms with E-state index in [4.69, 9.17) is 28.6 Å². The second kappa shape index (κ2) is 8.03. The minimum atomic E-state index is 0.295. The third-order valence-electron chi connectivity index (χ3n) is 5.10. The molecule has 6 nitrogen and oxygen atoms in total. The number of aryl methyl sites for hydroxylation is 1. The summed E-state index contributed by atoms with van der Waals surface area (Å²) in [5.41, 5.74) is 4.17. The van der Waals surface area contributed by atoms with E-state index in [2.05, 4.69) is 39.8 Å². The Balaban J connectivity index is 1.65. The van der Waals surface area contributed by atoms with Crippen molar-refractivity contribution in [2.45, 2.75) is 39.3 Å². The molecule has 0 amide bonds. The molecule has 1 atom stereocenters. The number of aromatic nitrogens is 4. The van der Waals surface area contributed by atoms with Crippen molar-refractivity contribution in [3.8, 4) is 11.4 Å². The molecule has 1 aromatic carbocycles. The molecule has 8 heteroatoms. The molecule has 2 aromatic heterocycles. The van der Waals surface area contributed by atoms with Gasteiger partial charge in [0.1, 0.15) is 0 Å². The third-order valence-corrected chi connectivity index (χ3v) is 5.69. The predicted octanol–water partition coefficient (Wildman–Crippen LogP) is 4.74. The van der Waals surface area contributed by atoms with Crippen LogP contribution in [-0.2, 0) is 11.3 Å². The van der Waals surface area contributed by atoms with Gasteiger partial charge in [-0.1, -0.05) is 23.7 Å². The van der Waals surface area contributed by atoms with Gasteiger partial charge in [-0.25, -0.2) is 5.10 Å². The summed E-state index contributed by atoms with van der Waals surface area (Å²) >= 11 is 11.7. The van der Waals surface area contributed by atoms with E-state index in [9.17, 15) is 0 Å². The topological polar surface area (TPSA) is 60.1 Å². The Kier molecular flexibility index (Phi) is 5.48. The van der Waals surface area contributed by atoms with Gasteiger partial charge in [0.2, 0.25) is 4.77 Å². The van der Waals surface area contributed by atoms with Crippen molar-refractivity contribution in [1.82, 2.24) is 19.4 Å². The molecule has 0 radical (unpaired) electrons. The lowest BCUT2D eigenvalue weighted by Crippen LogP contribution is -2.16. The smallest absolute Gasteiger partial charge is 0.216 e. The van der Waals surface area contributed by atoms with E-state index >= 15 is 0 Å². The van der Waals surface area contributed by atoms with Crippen molar-refractivity contribution in [3.05, 3.63) is 57.1 Å². The van der Waals surface area contributed by atoms with Gasteiger partial charge in [-0.15, -0.1) is 0 Å². The van der Waals surface area contributed by atoms with Crippen LogP contribution in [0.15, 0.2) is 35.4 Å². The molecular formula is C20H22ClN5OS. The van der Waals surface area contributed by atoms with Crippen LogP contribution in [0.4, 0.5) is 0 Å². The van der Waals surface area contributed by atoms with Crippen LogP contribution in [0.25, 0.3) is 11.4 Å². The quantitative estimate of drug-likeness (QED) is 0.483. The molecule has 146 valence electrons. The van der Waals surface area contributed by atoms with E-state index in [-0.39, 0.29) is 0 Å². The van der Waals surface area contributed by atoms with Gasteiger partial charge < -0.3 is 9.30 Å². The van der Waals surface area contributed by atoms with Crippen LogP contribution in [0, 0.1) is 18.6 Å². The van der Waals surface area contributed by atoms with Crippen molar-refractivity contribution in [2.75, 3.05) is 6.61 Å². The Morgan fingerprint density at radius 2 is 2.21 bits per heavy atom. The maximum Gasteiger partial charge on any atom is 0.216 e. The lowest BCUT2D eigenvalue weighted by atomic mass is 10.2. The number of halogens is 1. The van der Waals surface area contributed by atoms with Crippen LogP contribution in [0.3, 0.4) is 0 Å². The van der Waals surface area contributed by atoms with Crippen LogP contribution in [0.5, 0.6) is 0 Å². The summed E-state index contributed by atoms with van der Waals surface area (Å²) in [6.07, 6.45) is 4.37.